The largest absolute Gasteiger partial charge is 0.481 e. The molecule has 1 heterocycles. The quantitative estimate of drug-likeness (QED) is 0.849. The first-order chi connectivity index (χ1) is 9.04. The van der Waals surface area contributed by atoms with Gasteiger partial charge in [-0.1, -0.05) is 0 Å². The Morgan fingerprint density at radius 3 is 2.89 bits per heavy atom. The molecule has 2 rings (SSSR count). The van der Waals surface area contributed by atoms with Crippen molar-refractivity contribution in [1.82, 2.24) is 4.98 Å². The normalized spacial score (nSPS) is 18.4. The number of allylic oxidation sites excluding steroid dienone is 1. The Balaban J connectivity index is 2.62. The number of rotatable bonds is 3. The van der Waals surface area contributed by atoms with Crippen molar-refractivity contribution in [3.05, 3.63) is 28.5 Å². The van der Waals surface area contributed by atoms with Crippen LogP contribution in [0.4, 0.5) is 0 Å². The molecule has 0 saturated carbocycles. The van der Waals surface area contributed by atoms with Gasteiger partial charge in [-0.2, -0.15) is 0 Å². The third kappa shape index (κ3) is 2.68. The van der Waals surface area contributed by atoms with Crippen LogP contribution in [0.5, 0.6) is 5.88 Å². The van der Waals surface area contributed by atoms with Gasteiger partial charge in [0.15, 0.2) is 5.78 Å². The summed E-state index contributed by atoms with van der Waals surface area (Å²) in [7, 11) is 1.57. The summed E-state index contributed by atoms with van der Waals surface area (Å²) >= 11 is 0. The molecular formula is C15H19NO3. The van der Waals surface area contributed by atoms with Gasteiger partial charge in [-0.15, -0.1) is 0 Å². The first-order valence-electron chi connectivity index (χ1n) is 6.48. The molecule has 1 N–H and O–H groups in total. The Morgan fingerprint density at radius 2 is 2.26 bits per heavy atom. The summed E-state index contributed by atoms with van der Waals surface area (Å²) in [5, 5.41) is 10.1. The summed E-state index contributed by atoms with van der Waals surface area (Å²) in [5.74, 6) is 0.496. The number of ketones is 1. The van der Waals surface area contributed by atoms with E-state index in [1.165, 1.54) is 13.0 Å². The first-order valence-corrected chi connectivity index (χ1v) is 6.48. The van der Waals surface area contributed by atoms with E-state index in [-0.39, 0.29) is 5.78 Å². The topological polar surface area (TPSA) is 59.4 Å². The van der Waals surface area contributed by atoms with Crippen LogP contribution in [0.15, 0.2) is 6.08 Å². The molecule has 4 nitrogen and oxygen atoms in total. The van der Waals surface area contributed by atoms with Crippen LogP contribution in [0.1, 0.15) is 48.3 Å². The number of carbonyl (C=O) groups is 1. The molecule has 1 aromatic heterocycles. The maximum absolute atomic E-state index is 11.1. The van der Waals surface area contributed by atoms with Crippen LogP contribution in [-0.4, -0.2) is 23.0 Å². The summed E-state index contributed by atoms with van der Waals surface area (Å²) in [6.45, 7) is 3.39. The number of aliphatic hydroxyl groups is 1. The van der Waals surface area contributed by atoms with E-state index in [4.69, 9.17) is 4.74 Å². The second-order valence-electron chi connectivity index (χ2n) is 4.86. The Hall–Kier alpha value is -1.68. The van der Waals surface area contributed by atoms with Crippen molar-refractivity contribution in [3.63, 3.8) is 0 Å². The zero-order chi connectivity index (χ0) is 14.0. The van der Waals surface area contributed by atoms with Crippen LogP contribution in [0, 0.1) is 6.92 Å². The van der Waals surface area contributed by atoms with Gasteiger partial charge >= 0.3 is 0 Å². The molecule has 0 aromatic carbocycles. The van der Waals surface area contributed by atoms with Gasteiger partial charge in [0.05, 0.1) is 13.2 Å². The molecule has 1 aliphatic rings. The minimum absolute atomic E-state index is 0.0206. The van der Waals surface area contributed by atoms with E-state index in [1.807, 2.05) is 6.92 Å². The number of methoxy groups -OCH3 is 1. The van der Waals surface area contributed by atoms with Gasteiger partial charge in [-0.05, 0) is 50.8 Å². The van der Waals surface area contributed by atoms with Crippen LogP contribution in [0.3, 0.4) is 0 Å². The molecule has 1 aliphatic carbocycles. The molecule has 0 aliphatic heterocycles. The van der Waals surface area contributed by atoms with E-state index >= 15 is 0 Å². The Labute approximate surface area is 113 Å². The minimum atomic E-state index is -0.466. The molecule has 1 unspecified atom stereocenters. The first kappa shape index (κ1) is 13.7. The number of carbonyl (C=O) groups excluding carboxylic acids is 1. The lowest BCUT2D eigenvalue weighted by atomic mass is 9.85. The zero-order valence-electron chi connectivity index (χ0n) is 11.6. The second-order valence-corrected chi connectivity index (χ2v) is 4.86. The van der Waals surface area contributed by atoms with Crippen molar-refractivity contribution < 1.29 is 14.6 Å². The average Bonchev–Trinajstić information content (AvgIpc) is 2.36. The number of aryl methyl sites for hydroxylation is 1. The lowest BCUT2D eigenvalue weighted by Crippen LogP contribution is -2.15. The van der Waals surface area contributed by atoms with Gasteiger partial charge in [0, 0.05) is 16.8 Å². The molecule has 1 aromatic rings. The fraction of sp³-hybridized carbons (Fsp3) is 0.467. The average molecular weight is 261 g/mol. The van der Waals surface area contributed by atoms with E-state index in [1.54, 1.807) is 13.2 Å². The number of hydrogen-bond donors (Lipinski definition) is 1. The van der Waals surface area contributed by atoms with Crippen molar-refractivity contribution in [3.8, 4) is 5.88 Å². The highest BCUT2D eigenvalue weighted by molar-refractivity contribution is 5.92. The predicted octanol–water partition coefficient (Wildman–Crippen LogP) is 2.37. The van der Waals surface area contributed by atoms with E-state index in [0.717, 1.165) is 41.6 Å². The third-order valence-electron chi connectivity index (χ3n) is 3.46. The fourth-order valence-electron chi connectivity index (χ4n) is 2.62. The van der Waals surface area contributed by atoms with Crippen molar-refractivity contribution in [1.29, 1.82) is 0 Å². The lowest BCUT2D eigenvalue weighted by molar-refractivity contribution is -0.112. The number of fused-ring (bicyclic) bond motifs is 1. The molecule has 0 spiro atoms. The standard InChI is InChI=1S/C15H19NO3/c1-9(17)7-8-12-11-5-4-6-13(18)14(11)10(2)16-15(12)19-3/h7-8,13,18H,4-6H2,1-3H3. The van der Waals surface area contributed by atoms with Gasteiger partial charge in [0.1, 0.15) is 0 Å². The molecule has 0 fully saturated rings. The van der Waals surface area contributed by atoms with Crippen molar-refractivity contribution in [2.45, 2.75) is 39.2 Å². The summed E-state index contributed by atoms with van der Waals surface area (Å²) in [6, 6.07) is 0. The summed E-state index contributed by atoms with van der Waals surface area (Å²) in [4.78, 5) is 15.5. The van der Waals surface area contributed by atoms with Crippen LogP contribution < -0.4 is 4.74 Å². The van der Waals surface area contributed by atoms with E-state index in [0.29, 0.717) is 5.88 Å². The highest BCUT2D eigenvalue weighted by Gasteiger charge is 2.25. The molecule has 0 radical (unpaired) electrons. The fourth-order valence-corrected chi connectivity index (χ4v) is 2.62. The number of pyridine rings is 1. The van der Waals surface area contributed by atoms with Crippen LogP contribution in [0.2, 0.25) is 0 Å². The number of nitrogens with zero attached hydrogens (tertiary/aromatic N) is 1. The monoisotopic (exact) mass is 261 g/mol. The molecular weight excluding hydrogens is 242 g/mol. The van der Waals surface area contributed by atoms with Crippen molar-refractivity contribution in [2.24, 2.45) is 0 Å². The Bertz CT molecular complexity index is 535. The molecule has 0 saturated heterocycles. The number of aliphatic hydroxyl groups excluding tert-OH is 1. The summed E-state index contributed by atoms with van der Waals surface area (Å²) in [5.41, 5.74) is 3.58. The molecule has 0 bridgehead atoms. The van der Waals surface area contributed by atoms with E-state index in [2.05, 4.69) is 4.98 Å². The SMILES string of the molecule is COc1nc(C)c2c(c1C=CC(C)=O)CCCC2O. The molecule has 0 amide bonds. The summed E-state index contributed by atoms with van der Waals surface area (Å²) in [6.07, 6.45) is 5.36. The zero-order valence-corrected chi connectivity index (χ0v) is 11.6. The highest BCUT2D eigenvalue weighted by atomic mass is 16.5. The minimum Gasteiger partial charge on any atom is -0.481 e. The number of hydrogen-bond acceptors (Lipinski definition) is 4. The van der Waals surface area contributed by atoms with Gasteiger partial charge in [0.25, 0.3) is 0 Å². The number of ether oxygens (including phenoxy) is 1. The number of aromatic nitrogens is 1. The van der Waals surface area contributed by atoms with Gasteiger partial charge in [-0.25, -0.2) is 4.98 Å². The van der Waals surface area contributed by atoms with Crippen LogP contribution in [-0.2, 0) is 11.2 Å². The van der Waals surface area contributed by atoms with Crippen molar-refractivity contribution in [2.75, 3.05) is 7.11 Å². The highest BCUT2D eigenvalue weighted by Crippen LogP contribution is 2.37. The van der Waals surface area contributed by atoms with E-state index in [9.17, 15) is 9.90 Å². The molecule has 19 heavy (non-hydrogen) atoms. The second kappa shape index (κ2) is 5.53. The maximum atomic E-state index is 11.1. The lowest BCUT2D eigenvalue weighted by Gasteiger charge is -2.25. The smallest absolute Gasteiger partial charge is 0.220 e. The van der Waals surface area contributed by atoms with Gasteiger partial charge in [-0.3, -0.25) is 4.79 Å². The molecule has 4 heteroatoms. The van der Waals surface area contributed by atoms with Gasteiger partial charge in [0.2, 0.25) is 5.88 Å². The Kier molecular flexibility index (Phi) is 4.00. The molecule has 1 atom stereocenters. The van der Waals surface area contributed by atoms with E-state index < -0.39 is 6.10 Å². The predicted molar refractivity (Wildman–Crippen MR) is 73.1 cm³/mol. The Morgan fingerprint density at radius 1 is 1.53 bits per heavy atom. The van der Waals surface area contributed by atoms with Crippen LogP contribution in [0.25, 0.3) is 6.08 Å². The third-order valence-corrected chi connectivity index (χ3v) is 3.46. The maximum Gasteiger partial charge on any atom is 0.220 e. The van der Waals surface area contributed by atoms with Crippen molar-refractivity contribution >= 4 is 11.9 Å². The van der Waals surface area contributed by atoms with Crippen LogP contribution >= 0.6 is 0 Å². The summed E-state index contributed by atoms with van der Waals surface area (Å²) < 4.78 is 5.30. The van der Waals surface area contributed by atoms with Gasteiger partial charge < -0.3 is 9.84 Å². The molecule has 102 valence electrons.